The molecule has 0 radical (unpaired) electrons. The van der Waals surface area contributed by atoms with Gasteiger partial charge in [0.05, 0.1) is 27.1 Å². The fourth-order valence-electron chi connectivity index (χ4n) is 3.23. The molecule has 0 N–H and O–H groups in total. The Morgan fingerprint density at radius 1 is 1.17 bits per heavy atom. The molecule has 0 aliphatic heterocycles. The fourth-order valence-corrected chi connectivity index (χ4v) is 5.62. The number of benzene rings is 2. The number of sulfonamides is 1. The molecule has 0 bridgehead atoms. The summed E-state index contributed by atoms with van der Waals surface area (Å²) >= 11 is 1.07. The zero-order valence-electron chi connectivity index (χ0n) is 19.2. The topological polar surface area (TPSA) is 141 Å². The zero-order chi connectivity index (χ0) is 26.5. The molecule has 0 spiro atoms. The fraction of sp³-hybridized carbons (Fsp3) is 0.174. The number of nitro groups is 1. The number of fused-ring (bicyclic) bond motifs is 1. The molecule has 0 atom stereocenters. The number of carbonyl (C=O) groups excluding carboxylic acids is 2. The van der Waals surface area contributed by atoms with Gasteiger partial charge in [0.1, 0.15) is 6.54 Å². The summed E-state index contributed by atoms with van der Waals surface area (Å²) < 4.78 is 33.5. The summed E-state index contributed by atoms with van der Waals surface area (Å²) in [4.78, 5) is 39.7. The molecule has 0 aliphatic rings. The molecule has 13 heteroatoms. The monoisotopic (exact) mass is 530 g/mol. The van der Waals surface area contributed by atoms with Gasteiger partial charge in [0, 0.05) is 30.8 Å². The van der Waals surface area contributed by atoms with Crippen LogP contribution in [0, 0.1) is 10.1 Å². The lowest BCUT2D eigenvalue weighted by Crippen LogP contribution is -2.31. The molecule has 2 aromatic carbocycles. The quantitative estimate of drug-likeness (QED) is 0.170. The van der Waals surface area contributed by atoms with E-state index in [-0.39, 0.29) is 40.6 Å². The number of esters is 1. The predicted octanol–water partition coefficient (Wildman–Crippen LogP) is 2.89. The molecule has 11 nitrogen and oxygen atoms in total. The molecule has 1 amide bonds. The molecule has 3 rings (SSSR count). The van der Waals surface area contributed by atoms with Gasteiger partial charge in [0.25, 0.3) is 11.6 Å². The first-order valence-corrected chi connectivity index (χ1v) is 12.6. The van der Waals surface area contributed by atoms with Crippen LogP contribution in [-0.2, 0) is 26.1 Å². The number of methoxy groups -OCH3 is 1. The number of hydrogen-bond donors (Lipinski definition) is 0. The van der Waals surface area contributed by atoms with E-state index < -0.39 is 26.8 Å². The molecule has 0 fully saturated rings. The predicted molar refractivity (Wildman–Crippen MR) is 134 cm³/mol. The van der Waals surface area contributed by atoms with Gasteiger partial charge in [-0.1, -0.05) is 23.5 Å². The SMILES string of the molecule is C=CCN(CC=C)S(=O)(=O)c1ccc(C(=O)N=c2sc3ccc([N+](=O)[O-])cc3n2CC(=O)OC)cc1. The number of rotatable bonds is 10. The molecule has 1 heterocycles. The van der Waals surface area contributed by atoms with Crippen LogP contribution in [-0.4, -0.2) is 54.3 Å². The smallest absolute Gasteiger partial charge is 0.325 e. The van der Waals surface area contributed by atoms with Crippen LogP contribution < -0.4 is 4.80 Å². The highest BCUT2D eigenvalue weighted by molar-refractivity contribution is 7.89. The third kappa shape index (κ3) is 5.64. The molecule has 0 saturated carbocycles. The van der Waals surface area contributed by atoms with E-state index in [0.29, 0.717) is 10.2 Å². The van der Waals surface area contributed by atoms with Crippen LogP contribution in [0.25, 0.3) is 10.2 Å². The molecule has 1 aromatic heterocycles. The summed E-state index contributed by atoms with van der Waals surface area (Å²) in [5.41, 5.74) is 0.272. The molecule has 0 aliphatic carbocycles. The lowest BCUT2D eigenvalue weighted by atomic mass is 10.2. The first-order chi connectivity index (χ1) is 17.1. The van der Waals surface area contributed by atoms with Gasteiger partial charge >= 0.3 is 5.97 Å². The standard InChI is InChI=1S/C23H22N4O7S2/c1-4-12-25(13-5-2)36(32,33)18-9-6-16(7-10-18)22(29)24-23-26(15-21(28)34-3)19-14-17(27(30)31)8-11-20(19)35-23/h4-11,14H,1-2,12-13,15H2,3H3. The number of ether oxygens (including phenoxy) is 1. The highest BCUT2D eigenvalue weighted by Gasteiger charge is 2.23. The minimum absolute atomic E-state index is 0.0160. The van der Waals surface area contributed by atoms with Crippen molar-refractivity contribution in [2.24, 2.45) is 4.99 Å². The number of hydrogen-bond acceptors (Lipinski definition) is 8. The van der Waals surface area contributed by atoms with Gasteiger partial charge in [0.15, 0.2) is 4.80 Å². The summed E-state index contributed by atoms with van der Waals surface area (Å²) in [5, 5.41) is 11.2. The molecule has 0 unspecified atom stereocenters. The maximum atomic E-state index is 12.9. The van der Waals surface area contributed by atoms with Crippen molar-refractivity contribution in [2.45, 2.75) is 11.4 Å². The minimum atomic E-state index is -3.84. The van der Waals surface area contributed by atoms with E-state index in [9.17, 15) is 28.1 Å². The zero-order valence-corrected chi connectivity index (χ0v) is 20.8. The van der Waals surface area contributed by atoms with E-state index in [1.807, 2.05) is 0 Å². The summed E-state index contributed by atoms with van der Waals surface area (Å²) in [7, 11) is -2.64. The van der Waals surface area contributed by atoms with Crippen molar-refractivity contribution < 1.29 is 27.7 Å². The first kappa shape index (κ1) is 26.7. The van der Waals surface area contributed by atoms with Crippen molar-refractivity contribution in [3.63, 3.8) is 0 Å². The summed E-state index contributed by atoms with van der Waals surface area (Å²) in [6, 6.07) is 9.38. The molecule has 3 aromatic rings. The van der Waals surface area contributed by atoms with Crippen LogP contribution in [0.5, 0.6) is 0 Å². The maximum Gasteiger partial charge on any atom is 0.325 e. The average molecular weight is 531 g/mol. The van der Waals surface area contributed by atoms with E-state index in [2.05, 4.69) is 18.2 Å². The van der Waals surface area contributed by atoms with Crippen LogP contribution in [0.4, 0.5) is 5.69 Å². The Labute approximate surface area is 210 Å². The summed E-state index contributed by atoms with van der Waals surface area (Å²) in [5.74, 6) is -1.32. The lowest BCUT2D eigenvalue weighted by molar-refractivity contribution is -0.384. The summed E-state index contributed by atoms with van der Waals surface area (Å²) in [6.45, 7) is 7.00. The first-order valence-electron chi connectivity index (χ1n) is 10.4. The highest BCUT2D eigenvalue weighted by atomic mass is 32.2. The average Bonchev–Trinajstić information content (AvgIpc) is 3.19. The number of thiazole rings is 1. The van der Waals surface area contributed by atoms with Gasteiger partial charge in [0.2, 0.25) is 10.0 Å². The van der Waals surface area contributed by atoms with Crippen molar-refractivity contribution in [3.8, 4) is 0 Å². The van der Waals surface area contributed by atoms with E-state index in [1.54, 1.807) is 0 Å². The van der Waals surface area contributed by atoms with Crippen LogP contribution in [0.3, 0.4) is 0 Å². The molecule has 188 valence electrons. The van der Waals surface area contributed by atoms with Crippen LogP contribution in [0.2, 0.25) is 0 Å². The minimum Gasteiger partial charge on any atom is -0.468 e. The van der Waals surface area contributed by atoms with Gasteiger partial charge < -0.3 is 9.30 Å². The highest BCUT2D eigenvalue weighted by Crippen LogP contribution is 2.23. The second-order valence-electron chi connectivity index (χ2n) is 7.30. The number of non-ortho nitro benzene ring substituents is 1. The Balaban J connectivity index is 2.02. The van der Waals surface area contributed by atoms with Gasteiger partial charge in [-0.2, -0.15) is 9.30 Å². The molecule has 0 saturated heterocycles. The normalized spacial score (nSPS) is 12.0. The number of carbonyl (C=O) groups is 2. The summed E-state index contributed by atoms with van der Waals surface area (Å²) in [6.07, 6.45) is 2.92. The number of nitrogens with zero attached hydrogens (tertiary/aromatic N) is 4. The Kier molecular flexibility index (Phi) is 8.29. The molecular weight excluding hydrogens is 508 g/mol. The van der Waals surface area contributed by atoms with E-state index in [4.69, 9.17) is 4.74 Å². The van der Waals surface area contributed by atoms with E-state index >= 15 is 0 Å². The van der Waals surface area contributed by atoms with Gasteiger partial charge in [-0.05, 0) is 30.3 Å². The largest absolute Gasteiger partial charge is 0.468 e. The Morgan fingerprint density at radius 2 is 1.81 bits per heavy atom. The van der Waals surface area contributed by atoms with Crippen molar-refractivity contribution in [1.29, 1.82) is 0 Å². The van der Waals surface area contributed by atoms with Crippen LogP contribution in [0.15, 0.2) is 77.7 Å². The molecular formula is C23H22N4O7S2. The van der Waals surface area contributed by atoms with Crippen molar-refractivity contribution in [3.05, 3.63) is 88.3 Å². The van der Waals surface area contributed by atoms with E-state index in [1.165, 1.54) is 70.6 Å². The van der Waals surface area contributed by atoms with Crippen molar-refractivity contribution in [1.82, 2.24) is 8.87 Å². The number of amides is 1. The van der Waals surface area contributed by atoms with E-state index in [0.717, 1.165) is 11.3 Å². The third-order valence-corrected chi connectivity index (χ3v) is 7.90. The number of nitro benzene ring substituents is 1. The Bertz CT molecular complexity index is 1510. The van der Waals surface area contributed by atoms with Crippen molar-refractivity contribution >= 4 is 49.1 Å². The second kappa shape index (κ2) is 11.2. The Morgan fingerprint density at radius 3 is 2.36 bits per heavy atom. The van der Waals surface area contributed by atoms with Gasteiger partial charge in [-0.15, -0.1) is 13.2 Å². The third-order valence-electron chi connectivity index (χ3n) is 4.99. The maximum absolute atomic E-state index is 12.9. The van der Waals surface area contributed by atoms with Crippen molar-refractivity contribution in [2.75, 3.05) is 20.2 Å². The molecule has 36 heavy (non-hydrogen) atoms. The van der Waals surface area contributed by atoms with Gasteiger partial charge in [-0.25, -0.2) is 8.42 Å². The second-order valence-corrected chi connectivity index (χ2v) is 10.2. The van der Waals surface area contributed by atoms with Gasteiger partial charge in [-0.3, -0.25) is 19.7 Å². The Hall–Kier alpha value is -3.94. The van der Waals surface area contributed by atoms with Crippen LogP contribution in [0.1, 0.15) is 10.4 Å². The number of aromatic nitrogens is 1. The van der Waals surface area contributed by atoms with Crippen LogP contribution >= 0.6 is 11.3 Å². The lowest BCUT2D eigenvalue weighted by Gasteiger charge is -2.19.